The highest BCUT2D eigenvalue weighted by Gasteiger charge is 2.55. The highest BCUT2D eigenvalue weighted by Crippen LogP contribution is 2.50. The number of rotatable bonds is 4. The second-order valence-electron chi connectivity index (χ2n) is 6.13. The fraction of sp³-hybridized carbons (Fsp3) is 0.412. The summed E-state index contributed by atoms with van der Waals surface area (Å²) in [6.45, 7) is 3.10. The van der Waals surface area contributed by atoms with E-state index in [9.17, 15) is 0 Å². The van der Waals surface area contributed by atoms with Crippen LogP contribution in [-0.2, 0) is 5.54 Å². The number of quaternary nitrogens is 1. The third-order valence-electron chi connectivity index (χ3n) is 4.14. The first-order valence-corrected chi connectivity index (χ1v) is 7.97. The van der Waals surface area contributed by atoms with E-state index in [0.717, 1.165) is 24.2 Å². The van der Waals surface area contributed by atoms with Gasteiger partial charge in [-0.2, -0.15) is 0 Å². The zero-order chi connectivity index (χ0) is 15.7. The molecule has 114 valence electrons. The van der Waals surface area contributed by atoms with Crippen LogP contribution < -0.4 is 5.73 Å². The Morgan fingerprint density at radius 1 is 1.14 bits per heavy atom. The monoisotopic (exact) mass is 325 g/mol. The highest BCUT2D eigenvalue weighted by molar-refractivity contribution is 6.51. The molecule has 21 heavy (non-hydrogen) atoms. The van der Waals surface area contributed by atoms with Gasteiger partial charge in [-0.05, 0) is 18.1 Å². The average molecular weight is 326 g/mol. The van der Waals surface area contributed by atoms with Crippen LogP contribution in [0.4, 0.5) is 0 Å². The van der Waals surface area contributed by atoms with Crippen molar-refractivity contribution in [2.45, 2.75) is 23.2 Å². The minimum atomic E-state index is -1.19. The summed E-state index contributed by atoms with van der Waals surface area (Å²) in [7, 11) is 4.22. The van der Waals surface area contributed by atoms with Crippen molar-refractivity contribution in [3.63, 3.8) is 0 Å². The Morgan fingerprint density at radius 2 is 1.76 bits per heavy atom. The van der Waals surface area contributed by atoms with Gasteiger partial charge in [0.05, 0.1) is 20.6 Å². The van der Waals surface area contributed by atoms with Crippen LogP contribution in [0.1, 0.15) is 18.9 Å². The minimum absolute atomic E-state index is 0.625. The van der Waals surface area contributed by atoms with E-state index in [0.29, 0.717) is 4.48 Å². The van der Waals surface area contributed by atoms with Gasteiger partial charge in [-0.1, -0.05) is 72.6 Å². The number of nitrogens with zero attached hydrogens (tertiary/aromatic N) is 1. The molecule has 1 aromatic carbocycles. The second-order valence-corrected chi connectivity index (χ2v) is 7.46. The van der Waals surface area contributed by atoms with Crippen molar-refractivity contribution < 1.29 is 4.48 Å². The molecule has 0 heterocycles. The van der Waals surface area contributed by atoms with Crippen molar-refractivity contribution in [2.24, 2.45) is 5.73 Å². The van der Waals surface area contributed by atoms with Crippen molar-refractivity contribution in [1.29, 1.82) is 0 Å². The lowest BCUT2D eigenvalue weighted by Gasteiger charge is -2.46. The zero-order valence-corrected chi connectivity index (χ0v) is 14.3. The van der Waals surface area contributed by atoms with Gasteiger partial charge in [-0.15, -0.1) is 0 Å². The molecule has 0 aromatic heterocycles. The van der Waals surface area contributed by atoms with Crippen molar-refractivity contribution in [3.05, 3.63) is 59.8 Å². The summed E-state index contributed by atoms with van der Waals surface area (Å²) in [5, 5.41) is 0. The maximum Gasteiger partial charge on any atom is 0.216 e. The van der Waals surface area contributed by atoms with Crippen molar-refractivity contribution in [1.82, 2.24) is 0 Å². The lowest BCUT2D eigenvalue weighted by Crippen LogP contribution is -2.58. The summed E-state index contributed by atoms with van der Waals surface area (Å²) in [6, 6.07) is 9.79. The van der Waals surface area contributed by atoms with Crippen LogP contribution in [0, 0.1) is 0 Å². The van der Waals surface area contributed by atoms with E-state index in [1.165, 1.54) is 0 Å². The van der Waals surface area contributed by atoms with Crippen molar-refractivity contribution in [3.8, 4) is 0 Å². The molecule has 2 N–H and O–H groups in total. The summed E-state index contributed by atoms with van der Waals surface area (Å²) in [6.07, 6.45) is 6.88. The Kier molecular flexibility index (Phi) is 4.55. The molecule has 0 fully saturated rings. The Labute approximate surface area is 137 Å². The number of halogens is 2. The molecule has 0 radical (unpaired) electrons. The molecule has 1 aromatic rings. The lowest BCUT2D eigenvalue weighted by molar-refractivity contribution is -0.854. The van der Waals surface area contributed by atoms with E-state index < -0.39 is 9.87 Å². The van der Waals surface area contributed by atoms with Crippen LogP contribution >= 0.6 is 23.2 Å². The van der Waals surface area contributed by atoms with Crippen LogP contribution in [0.3, 0.4) is 0 Å². The predicted octanol–water partition coefficient (Wildman–Crippen LogP) is 3.95. The molecule has 0 saturated heterocycles. The number of hydrogen-bond donors (Lipinski definition) is 1. The Balaban J connectivity index is 2.51. The van der Waals surface area contributed by atoms with Gasteiger partial charge in [-0.25, -0.2) is 0 Å². The van der Waals surface area contributed by atoms with Crippen LogP contribution in [0.2, 0.25) is 0 Å². The molecule has 0 aliphatic heterocycles. The van der Waals surface area contributed by atoms with Crippen LogP contribution in [0.5, 0.6) is 0 Å². The van der Waals surface area contributed by atoms with Gasteiger partial charge in [-0.3, -0.25) is 4.48 Å². The molecule has 1 unspecified atom stereocenters. The molecule has 0 saturated carbocycles. The third-order valence-corrected chi connectivity index (χ3v) is 5.15. The number of hydrogen-bond acceptors (Lipinski definition) is 1. The molecule has 2 nitrogen and oxygen atoms in total. The van der Waals surface area contributed by atoms with E-state index in [1.807, 2.05) is 48.6 Å². The topological polar surface area (TPSA) is 26.0 Å². The summed E-state index contributed by atoms with van der Waals surface area (Å²) in [5.74, 6) is 0. The molecular formula is C17H23Cl2N2+. The molecular weight excluding hydrogens is 303 g/mol. The van der Waals surface area contributed by atoms with Crippen molar-refractivity contribution >= 4 is 23.2 Å². The summed E-state index contributed by atoms with van der Waals surface area (Å²) in [4.78, 5) is 0. The quantitative estimate of drug-likeness (QED) is 0.658. The first kappa shape index (κ1) is 16.6. The predicted molar refractivity (Wildman–Crippen MR) is 91.2 cm³/mol. The minimum Gasteiger partial charge on any atom is -0.315 e. The summed E-state index contributed by atoms with van der Waals surface area (Å²) < 4.78 is -0.568. The molecule has 4 heteroatoms. The second kappa shape index (κ2) is 5.77. The smallest absolute Gasteiger partial charge is 0.216 e. The Bertz CT molecular complexity index is 561. The van der Waals surface area contributed by atoms with Gasteiger partial charge in [0, 0.05) is 0 Å². The first-order valence-electron chi connectivity index (χ1n) is 7.21. The average Bonchev–Trinajstić information content (AvgIpc) is 2.42. The fourth-order valence-electron chi connectivity index (χ4n) is 2.97. The van der Waals surface area contributed by atoms with Gasteiger partial charge in [0.25, 0.3) is 0 Å². The maximum absolute atomic E-state index is 6.81. The lowest BCUT2D eigenvalue weighted by atomic mass is 9.81. The number of allylic oxidation sites excluding steroid dienone is 2. The van der Waals surface area contributed by atoms with Crippen molar-refractivity contribution in [2.75, 3.05) is 20.6 Å². The SMILES string of the molecule is CCC[N+](C)(C)C1=CC=CC(N)(c2ccccc2)C1(Cl)Cl. The summed E-state index contributed by atoms with van der Waals surface area (Å²) >= 11 is 13.6. The maximum atomic E-state index is 6.81. The van der Waals surface area contributed by atoms with Crippen LogP contribution in [-0.4, -0.2) is 29.5 Å². The third kappa shape index (κ3) is 2.78. The van der Waals surface area contributed by atoms with Gasteiger partial charge < -0.3 is 5.73 Å². The molecule has 0 bridgehead atoms. The first-order chi connectivity index (χ1) is 9.75. The number of benzene rings is 1. The molecule has 2 rings (SSSR count). The standard InChI is InChI=1S/C17H23Cl2N2/c1-4-13-21(2,3)15-11-8-12-16(20,17(15,18)19)14-9-6-5-7-10-14/h5-12H,4,13,20H2,1-3H3/q+1. The molecule has 0 spiro atoms. The van der Waals surface area contributed by atoms with Gasteiger partial charge in [0.1, 0.15) is 11.2 Å². The Hall–Kier alpha value is -0.800. The van der Waals surface area contributed by atoms with Gasteiger partial charge in [0.15, 0.2) is 0 Å². The molecule has 1 aliphatic rings. The fourth-order valence-corrected chi connectivity index (χ4v) is 3.89. The Morgan fingerprint density at radius 3 is 2.33 bits per heavy atom. The zero-order valence-electron chi connectivity index (χ0n) is 12.8. The summed E-state index contributed by atoms with van der Waals surface area (Å²) in [5.41, 5.74) is 7.53. The molecule has 1 atom stereocenters. The van der Waals surface area contributed by atoms with E-state index in [1.54, 1.807) is 0 Å². The number of alkyl halides is 2. The van der Waals surface area contributed by atoms with Crippen LogP contribution in [0.15, 0.2) is 54.3 Å². The normalized spacial score (nSPS) is 24.8. The highest BCUT2D eigenvalue weighted by atomic mass is 35.5. The van der Waals surface area contributed by atoms with E-state index in [2.05, 4.69) is 21.0 Å². The van der Waals surface area contributed by atoms with Gasteiger partial charge in [0.2, 0.25) is 4.33 Å². The van der Waals surface area contributed by atoms with E-state index in [4.69, 9.17) is 28.9 Å². The van der Waals surface area contributed by atoms with Gasteiger partial charge >= 0.3 is 0 Å². The number of nitrogens with two attached hydrogens (primary N) is 1. The molecule has 1 aliphatic carbocycles. The molecule has 0 amide bonds. The van der Waals surface area contributed by atoms with E-state index >= 15 is 0 Å². The largest absolute Gasteiger partial charge is 0.315 e. The van der Waals surface area contributed by atoms with E-state index in [-0.39, 0.29) is 0 Å². The van der Waals surface area contributed by atoms with Crippen LogP contribution in [0.25, 0.3) is 0 Å².